The van der Waals surface area contributed by atoms with Gasteiger partial charge in [-0.3, -0.25) is 10.1 Å². The van der Waals surface area contributed by atoms with Crippen LogP contribution in [0.5, 0.6) is 0 Å². The summed E-state index contributed by atoms with van der Waals surface area (Å²) in [5.41, 5.74) is 0.0678. The number of aromatic nitrogens is 2. The van der Waals surface area contributed by atoms with Crippen LogP contribution in [0.15, 0.2) is 58.7 Å². The van der Waals surface area contributed by atoms with Gasteiger partial charge in [-0.25, -0.2) is 17.4 Å². The van der Waals surface area contributed by atoms with Crippen molar-refractivity contribution in [1.82, 2.24) is 8.96 Å². The lowest BCUT2D eigenvalue weighted by Gasteiger charge is -2.08. The van der Waals surface area contributed by atoms with E-state index in [1.807, 2.05) is 0 Å². The molecule has 3 aromatic rings. The third kappa shape index (κ3) is 2.42. The topological polar surface area (TPSA) is 95.1 Å². The van der Waals surface area contributed by atoms with Crippen molar-refractivity contribution in [1.29, 1.82) is 0 Å². The fraction of sp³-hybridized carbons (Fsp3) is 0. The fourth-order valence-corrected chi connectivity index (χ4v) is 4.73. The van der Waals surface area contributed by atoms with E-state index in [0.717, 1.165) is 10.2 Å². The van der Waals surface area contributed by atoms with E-state index in [1.165, 1.54) is 24.3 Å². The highest BCUT2D eigenvalue weighted by Gasteiger charge is 2.26. The standard InChI is InChI=1S/C15H10BrN3O4S/c1-2-11-12-8-14(16)18(15(12)17-9-13(11)19(20)21)24(22,23)10-6-4-3-5-7-10/h2-9H,1H2. The van der Waals surface area contributed by atoms with E-state index in [2.05, 4.69) is 27.5 Å². The zero-order valence-corrected chi connectivity index (χ0v) is 14.5. The summed E-state index contributed by atoms with van der Waals surface area (Å²) in [6.45, 7) is 3.58. The van der Waals surface area contributed by atoms with Crippen LogP contribution in [-0.4, -0.2) is 22.3 Å². The second-order valence-corrected chi connectivity index (χ2v) is 7.40. The number of nitrogens with zero attached hydrogens (tertiary/aromatic N) is 3. The summed E-state index contributed by atoms with van der Waals surface area (Å²) in [6, 6.07) is 9.34. The SMILES string of the molecule is C=Cc1c([N+](=O)[O-])cnc2c1cc(Br)n2S(=O)(=O)c1ccccc1. The molecule has 122 valence electrons. The lowest BCUT2D eigenvalue weighted by molar-refractivity contribution is -0.385. The monoisotopic (exact) mass is 407 g/mol. The number of fused-ring (bicyclic) bond motifs is 1. The maximum Gasteiger partial charge on any atom is 0.295 e. The Morgan fingerprint density at radius 3 is 2.54 bits per heavy atom. The van der Waals surface area contributed by atoms with Crippen molar-refractivity contribution >= 4 is 48.8 Å². The Morgan fingerprint density at radius 1 is 1.29 bits per heavy atom. The van der Waals surface area contributed by atoms with Crippen LogP contribution in [0, 0.1) is 10.1 Å². The fourth-order valence-electron chi connectivity index (χ4n) is 2.39. The van der Waals surface area contributed by atoms with Gasteiger partial charge in [0.1, 0.15) is 10.8 Å². The van der Waals surface area contributed by atoms with Crippen molar-refractivity contribution in [3.05, 3.63) is 69.5 Å². The van der Waals surface area contributed by atoms with Crippen LogP contribution >= 0.6 is 15.9 Å². The summed E-state index contributed by atoms with van der Waals surface area (Å²) in [7, 11) is -3.91. The van der Waals surface area contributed by atoms with Gasteiger partial charge in [0.15, 0.2) is 5.65 Å². The molecule has 2 heterocycles. The van der Waals surface area contributed by atoms with Gasteiger partial charge < -0.3 is 0 Å². The largest absolute Gasteiger partial charge is 0.295 e. The highest BCUT2D eigenvalue weighted by atomic mass is 79.9. The Morgan fingerprint density at radius 2 is 1.96 bits per heavy atom. The van der Waals surface area contributed by atoms with Gasteiger partial charge in [0, 0.05) is 5.39 Å². The molecule has 0 spiro atoms. The molecule has 9 heteroatoms. The van der Waals surface area contributed by atoms with Gasteiger partial charge in [-0.2, -0.15) is 0 Å². The predicted octanol–water partition coefficient (Wildman–Crippen LogP) is 3.59. The van der Waals surface area contributed by atoms with Crippen molar-refractivity contribution in [3.63, 3.8) is 0 Å². The lowest BCUT2D eigenvalue weighted by atomic mass is 10.1. The molecule has 0 unspecified atom stereocenters. The Labute approximate surface area is 145 Å². The van der Waals surface area contributed by atoms with Crippen LogP contribution in [0.1, 0.15) is 5.56 Å². The summed E-state index contributed by atoms with van der Waals surface area (Å²) in [5, 5.41) is 11.4. The number of rotatable bonds is 4. The van der Waals surface area contributed by atoms with E-state index in [4.69, 9.17) is 0 Å². The van der Waals surface area contributed by atoms with Crippen LogP contribution in [0.4, 0.5) is 5.69 Å². The molecule has 2 aromatic heterocycles. The molecular weight excluding hydrogens is 398 g/mol. The number of hydrogen-bond donors (Lipinski definition) is 0. The van der Waals surface area contributed by atoms with Crippen LogP contribution in [0.25, 0.3) is 17.1 Å². The third-order valence-corrected chi connectivity index (χ3v) is 5.98. The van der Waals surface area contributed by atoms with Crippen molar-refractivity contribution in [2.45, 2.75) is 4.90 Å². The molecule has 0 aliphatic heterocycles. The molecule has 0 saturated heterocycles. The highest BCUT2D eigenvalue weighted by Crippen LogP contribution is 2.33. The molecule has 3 rings (SSSR count). The molecule has 0 saturated carbocycles. The number of benzene rings is 1. The number of nitro groups is 1. The Bertz CT molecular complexity index is 1080. The lowest BCUT2D eigenvalue weighted by Crippen LogP contribution is -2.13. The molecule has 0 aliphatic carbocycles. The second-order valence-electron chi connectivity index (χ2n) is 4.81. The molecule has 0 N–H and O–H groups in total. The quantitative estimate of drug-likeness (QED) is 0.486. The molecule has 0 fully saturated rings. The van der Waals surface area contributed by atoms with Crippen LogP contribution in [0.3, 0.4) is 0 Å². The molecule has 24 heavy (non-hydrogen) atoms. The zero-order chi connectivity index (χ0) is 17.5. The van der Waals surface area contributed by atoms with Gasteiger partial charge in [-0.05, 0) is 34.1 Å². The zero-order valence-electron chi connectivity index (χ0n) is 12.1. The van der Waals surface area contributed by atoms with Gasteiger partial charge in [0.25, 0.3) is 15.7 Å². The van der Waals surface area contributed by atoms with E-state index < -0.39 is 14.9 Å². The van der Waals surface area contributed by atoms with Crippen LogP contribution in [0.2, 0.25) is 0 Å². The van der Waals surface area contributed by atoms with Gasteiger partial charge in [-0.15, -0.1) is 0 Å². The molecule has 0 amide bonds. The first-order valence-corrected chi connectivity index (χ1v) is 8.88. The first-order valence-electron chi connectivity index (χ1n) is 6.65. The number of halogens is 1. The Hall–Kier alpha value is -2.52. The normalized spacial score (nSPS) is 11.5. The smallest absolute Gasteiger partial charge is 0.258 e. The average molecular weight is 408 g/mol. The van der Waals surface area contributed by atoms with Crippen LogP contribution < -0.4 is 0 Å². The molecule has 0 bridgehead atoms. The minimum absolute atomic E-state index is 0.0866. The summed E-state index contributed by atoms with van der Waals surface area (Å²) in [5.74, 6) is 0. The minimum Gasteiger partial charge on any atom is -0.258 e. The van der Waals surface area contributed by atoms with E-state index in [9.17, 15) is 18.5 Å². The molecule has 1 aromatic carbocycles. The molecule has 0 aliphatic rings. The predicted molar refractivity (Wildman–Crippen MR) is 93.2 cm³/mol. The van der Waals surface area contributed by atoms with Crippen LogP contribution in [-0.2, 0) is 10.0 Å². The summed E-state index contributed by atoms with van der Waals surface area (Å²) in [4.78, 5) is 14.6. The maximum absolute atomic E-state index is 12.9. The highest BCUT2D eigenvalue weighted by molar-refractivity contribution is 9.10. The number of hydrogen-bond acceptors (Lipinski definition) is 5. The van der Waals surface area contributed by atoms with Gasteiger partial charge in [-0.1, -0.05) is 30.9 Å². The van der Waals surface area contributed by atoms with E-state index in [1.54, 1.807) is 18.2 Å². The minimum atomic E-state index is -3.91. The van der Waals surface area contributed by atoms with E-state index in [0.29, 0.717) is 5.39 Å². The van der Waals surface area contributed by atoms with Crippen molar-refractivity contribution in [2.24, 2.45) is 0 Å². The van der Waals surface area contributed by atoms with Gasteiger partial charge in [0.05, 0.1) is 15.4 Å². The third-order valence-electron chi connectivity index (χ3n) is 3.45. The van der Waals surface area contributed by atoms with Gasteiger partial charge in [0.2, 0.25) is 0 Å². The number of pyridine rings is 1. The van der Waals surface area contributed by atoms with E-state index in [-0.39, 0.29) is 26.4 Å². The summed E-state index contributed by atoms with van der Waals surface area (Å²) in [6.07, 6.45) is 2.34. The van der Waals surface area contributed by atoms with Crippen molar-refractivity contribution < 1.29 is 13.3 Å². The first kappa shape index (κ1) is 16.3. The Kier molecular flexibility index (Phi) is 3.98. The second kappa shape index (κ2) is 5.84. The summed E-state index contributed by atoms with van der Waals surface area (Å²) >= 11 is 3.21. The van der Waals surface area contributed by atoms with E-state index >= 15 is 0 Å². The Balaban J connectivity index is 2.38. The average Bonchev–Trinajstić information content (AvgIpc) is 2.91. The molecular formula is C15H10BrN3O4S. The first-order chi connectivity index (χ1) is 11.4. The summed E-state index contributed by atoms with van der Waals surface area (Å²) < 4.78 is 27.0. The van der Waals surface area contributed by atoms with Crippen molar-refractivity contribution in [2.75, 3.05) is 0 Å². The maximum atomic E-state index is 12.9. The van der Waals surface area contributed by atoms with Crippen molar-refractivity contribution in [3.8, 4) is 0 Å². The van der Waals surface area contributed by atoms with Gasteiger partial charge >= 0.3 is 0 Å². The molecule has 7 nitrogen and oxygen atoms in total. The molecule has 0 radical (unpaired) electrons. The molecule has 0 atom stereocenters.